The van der Waals surface area contributed by atoms with Gasteiger partial charge in [0.2, 0.25) is 5.91 Å². The van der Waals surface area contributed by atoms with Crippen LogP contribution in [-0.4, -0.2) is 31.8 Å². The van der Waals surface area contributed by atoms with Crippen molar-refractivity contribution >= 4 is 33.2 Å². The molecule has 0 fully saturated rings. The first kappa shape index (κ1) is 21.9. The highest BCUT2D eigenvalue weighted by atomic mass is 32.2. The Kier molecular flexibility index (Phi) is 6.93. The van der Waals surface area contributed by atoms with Gasteiger partial charge in [-0.2, -0.15) is 0 Å². The first-order chi connectivity index (χ1) is 14.8. The van der Waals surface area contributed by atoms with Gasteiger partial charge < -0.3 is 10.6 Å². The molecule has 0 spiro atoms. The molecule has 10 heteroatoms. The lowest BCUT2D eigenvalue weighted by Crippen LogP contribution is -2.28. The molecule has 160 valence electrons. The molecule has 3 aromatic rings. The Morgan fingerprint density at radius 1 is 0.968 bits per heavy atom. The molecule has 0 bridgehead atoms. The topological polar surface area (TPSA) is 117 Å². The number of benzene rings is 2. The van der Waals surface area contributed by atoms with Crippen molar-refractivity contribution in [2.24, 2.45) is 0 Å². The van der Waals surface area contributed by atoms with E-state index in [4.69, 9.17) is 0 Å². The quantitative estimate of drug-likeness (QED) is 0.496. The molecule has 0 atom stereocenters. The van der Waals surface area contributed by atoms with E-state index in [0.717, 1.165) is 12.1 Å². The number of nitrogens with zero attached hydrogens (tertiary/aromatic N) is 1. The first-order valence-electron chi connectivity index (χ1n) is 9.20. The smallest absolute Gasteiger partial charge is 0.261 e. The van der Waals surface area contributed by atoms with Crippen molar-refractivity contribution in [3.8, 4) is 0 Å². The number of nitrogens with one attached hydrogen (secondary N) is 3. The average molecular weight is 442 g/mol. The van der Waals surface area contributed by atoms with Crippen molar-refractivity contribution in [2.75, 3.05) is 16.6 Å². The monoisotopic (exact) mass is 442 g/mol. The minimum absolute atomic E-state index is 0.0325. The first-order valence-corrected chi connectivity index (χ1v) is 10.7. The van der Waals surface area contributed by atoms with Crippen LogP contribution in [0.2, 0.25) is 0 Å². The van der Waals surface area contributed by atoms with Crippen LogP contribution in [0.4, 0.5) is 15.8 Å². The van der Waals surface area contributed by atoms with Gasteiger partial charge in [0.25, 0.3) is 15.9 Å². The third kappa shape index (κ3) is 6.34. The van der Waals surface area contributed by atoms with Crippen LogP contribution in [0.5, 0.6) is 0 Å². The maximum absolute atomic E-state index is 13.0. The van der Waals surface area contributed by atoms with E-state index in [2.05, 4.69) is 20.3 Å². The molecule has 0 saturated heterocycles. The molecule has 2 aromatic carbocycles. The van der Waals surface area contributed by atoms with Gasteiger partial charge in [0, 0.05) is 30.4 Å². The van der Waals surface area contributed by atoms with Crippen molar-refractivity contribution in [3.05, 3.63) is 84.4 Å². The Morgan fingerprint density at radius 2 is 1.74 bits per heavy atom. The Hall–Kier alpha value is -3.79. The number of hydrogen-bond donors (Lipinski definition) is 3. The fourth-order valence-corrected chi connectivity index (χ4v) is 3.69. The van der Waals surface area contributed by atoms with Crippen LogP contribution in [0.3, 0.4) is 0 Å². The molecule has 0 radical (unpaired) electrons. The number of pyridine rings is 1. The van der Waals surface area contributed by atoms with Gasteiger partial charge in [0.1, 0.15) is 5.82 Å². The molecule has 31 heavy (non-hydrogen) atoms. The maximum Gasteiger partial charge on any atom is 0.261 e. The molecule has 1 heterocycles. The van der Waals surface area contributed by atoms with Crippen molar-refractivity contribution in [3.63, 3.8) is 0 Å². The number of sulfonamides is 1. The lowest BCUT2D eigenvalue weighted by atomic mass is 10.2. The lowest BCUT2D eigenvalue weighted by molar-refractivity contribution is -0.116. The van der Waals surface area contributed by atoms with Gasteiger partial charge in [-0.15, -0.1) is 0 Å². The maximum atomic E-state index is 13.0. The number of aromatic nitrogens is 1. The predicted octanol–water partition coefficient (Wildman–Crippen LogP) is 2.78. The van der Waals surface area contributed by atoms with E-state index in [0.29, 0.717) is 5.69 Å². The van der Waals surface area contributed by atoms with Crippen LogP contribution in [-0.2, 0) is 14.8 Å². The fourth-order valence-electron chi connectivity index (χ4n) is 2.59. The minimum atomic E-state index is -3.97. The van der Waals surface area contributed by atoms with Gasteiger partial charge in [-0.1, -0.05) is 6.07 Å². The molecular weight excluding hydrogens is 423 g/mol. The van der Waals surface area contributed by atoms with Gasteiger partial charge in [-0.05, 0) is 54.6 Å². The second-order valence-electron chi connectivity index (χ2n) is 6.44. The highest BCUT2D eigenvalue weighted by Gasteiger charge is 2.17. The summed E-state index contributed by atoms with van der Waals surface area (Å²) in [6.45, 7) is 0.0652. The minimum Gasteiger partial charge on any atom is -0.352 e. The van der Waals surface area contributed by atoms with Crippen LogP contribution >= 0.6 is 0 Å². The van der Waals surface area contributed by atoms with E-state index in [9.17, 15) is 22.4 Å². The zero-order chi connectivity index (χ0) is 22.3. The number of halogens is 1. The van der Waals surface area contributed by atoms with Crippen molar-refractivity contribution in [2.45, 2.75) is 11.3 Å². The lowest BCUT2D eigenvalue weighted by Gasteiger charge is -2.10. The van der Waals surface area contributed by atoms with Crippen LogP contribution in [0.1, 0.15) is 16.8 Å². The Balaban J connectivity index is 1.58. The number of anilines is 2. The molecular formula is C21H19FN4O4S. The summed E-state index contributed by atoms with van der Waals surface area (Å²) in [4.78, 5) is 28.0. The highest BCUT2D eigenvalue weighted by molar-refractivity contribution is 7.92. The third-order valence-corrected chi connectivity index (χ3v) is 5.46. The van der Waals surface area contributed by atoms with E-state index >= 15 is 0 Å². The Bertz CT molecular complexity index is 1170. The van der Waals surface area contributed by atoms with E-state index in [1.165, 1.54) is 42.6 Å². The molecule has 3 N–H and O–H groups in total. The van der Waals surface area contributed by atoms with Crippen LogP contribution in [0.25, 0.3) is 0 Å². The Morgan fingerprint density at radius 3 is 2.45 bits per heavy atom. The zero-order valence-corrected chi connectivity index (χ0v) is 17.0. The molecule has 0 aliphatic rings. The summed E-state index contributed by atoms with van der Waals surface area (Å²) in [6.07, 6.45) is 3.12. The van der Waals surface area contributed by atoms with Gasteiger partial charge >= 0.3 is 0 Å². The highest BCUT2D eigenvalue weighted by Crippen LogP contribution is 2.17. The summed E-state index contributed by atoms with van der Waals surface area (Å²) < 4.78 is 40.4. The standard InChI is InChI=1S/C21H19FN4O4S/c22-16-6-8-17(9-7-16)26-31(29,30)19-5-1-3-15(13-19)21(28)24-12-10-20(27)25-18-4-2-11-23-14-18/h1-9,11,13-14,26H,10,12H2,(H,24,28)(H,25,27). The number of carbonyl (C=O) groups excluding carboxylic acids is 2. The number of carbonyl (C=O) groups is 2. The largest absolute Gasteiger partial charge is 0.352 e. The Labute approximate surface area is 178 Å². The second kappa shape index (κ2) is 9.81. The molecule has 2 amide bonds. The normalized spacial score (nSPS) is 10.9. The molecule has 0 unspecified atom stereocenters. The third-order valence-electron chi connectivity index (χ3n) is 4.09. The SMILES string of the molecule is O=C(CCNC(=O)c1cccc(S(=O)(=O)Nc2ccc(F)cc2)c1)Nc1cccnc1. The summed E-state index contributed by atoms with van der Waals surface area (Å²) in [5, 5.41) is 5.23. The summed E-state index contributed by atoms with van der Waals surface area (Å²) in [5.41, 5.74) is 0.857. The zero-order valence-electron chi connectivity index (χ0n) is 16.2. The fraction of sp³-hybridized carbons (Fsp3) is 0.0952. The van der Waals surface area contributed by atoms with Crippen molar-refractivity contribution < 1.29 is 22.4 Å². The molecule has 0 aliphatic carbocycles. The van der Waals surface area contributed by atoms with Gasteiger partial charge in [0.05, 0.1) is 16.8 Å². The van der Waals surface area contributed by atoms with Crippen molar-refractivity contribution in [1.82, 2.24) is 10.3 Å². The van der Waals surface area contributed by atoms with Crippen LogP contribution in [0, 0.1) is 5.82 Å². The van der Waals surface area contributed by atoms with E-state index in [1.54, 1.807) is 18.3 Å². The summed E-state index contributed by atoms with van der Waals surface area (Å²) >= 11 is 0. The summed E-state index contributed by atoms with van der Waals surface area (Å²) in [5.74, 6) is -1.31. The molecule has 0 saturated carbocycles. The number of amides is 2. The van der Waals surface area contributed by atoms with Crippen LogP contribution in [0.15, 0.2) is 78.0 Å². The molecule has 0 aliphatic heterocycles. The van der Waals surface area contributed by atoms with Gasteiger partial charge in [-0.25, -0.2) is 12.8 Å². The van der Waals surface area contributed by atoms with E-state index in [-0.39, 0.29) is 35.0 Å². The molecule has 1 aromatic heterocycles. The summed E-state index contributed by atoms with van der Waals surface area (Å²) in [7, 11) is -3.97. The number of rotatable bonds is 8. The van der Waals surface area contributed by atoms with Gasteiger partial charge in [-0.3, -0.25) is 19.3 Å². The van der Waals surface area contributed by atoms with Crippen LogP contribution < -0.4 is 15.4 Å². The molecule has 8 nitrogen and oxygen atoms in total. The molecule has 3 rings (SSSR count). The number of hydrogen-bond acceptors (Lipinski definition) is 5. The average Bonchev–Trinajstić information content (AvgIpc) is 2.76. The van der Waals surface area contributed by atoms with Crippen molar-refractivity contribution in [1.29, 1.82) is 0 Å². The predicted molar refractivity (Wildman–Crippen MR) is 113 cm³/mol. The van der Waals surface area contributed by atoms with Gasteiger partial charge in [0.15, 0.2) is 0 Å². The van der Waals surface area contributed by atoms with E-state index in [1.807, 2.05) is 0 Å². The van der Waals surface area contributed by atoms with E-state index < -0.39 is 21.7 Å². The second-order valence-corrected chi connectivity index (χ2v) is 8.12. The summed E-state index contributed by atoms with van der Waals surface area (Å²) in [6, 6.07) is 13.7.